The molecule has 1 fully saturated rings. The summed E-state index contributed by atoms with van der Waals surface area (Å²) in [6.45, 7) is 7.79. The summed E-state index contributed by atoms with van der Waals surface area (Å²) in [6, 6.07) is 0.464. The normalized spacial score (nSPS) is 28.3. The molecule has 0 radical (unpaired) electrons. The van der Waals surface area contributed by atoms with Crippen molar-refractivity contribution in [2.75, 3.05) is 13.2 Å². The Morgan fingerprint density at radius 1 is 1.67 bits per heavy atom. The lowest BCUT2D eigenvalue weighted by molar-refractivity contribution is -0.138. The average molecular weight is 215 g/mol. The number of aliphatic carboxylic acids is 1. The van der Waals surface area contributed by atoms with Crippen LogP contribution in [-0.2, 0) is 9.53 Å². The van der Waals surface area contributed by atoms with Gasteiger partial charge in [0.05, 0.1) is 12.5 Å². The van der Waals surface area contributed by atoms with Crippen LogP contribution >= 0.6 is 0 Å². The van der Waals surface area contributed by atoms with Gasteiger partial charge in [-0.25, -0.2) is 0 Å². The molecule has 0 spiro atoms. The topological polar surface area (TPSA) is 49.8 Å². The Morgan fingerprint density at radius 2 is 2.33 bits per heavy atom. The number of carboxylic acids is 1. The number of nitrogens with zero attached hydrogens (tertiary/aromatic N) is 1. The second-order valence-electron chi connectivity index (χ2n) is 4.21. The molecule has 0 aliphatic carbocycles. The number of rotatable bonds is 5. The maximum absolute atomic E-state index is 10.7. The SMILES string of the molecule is CCN(C(C)CC(=O)O)C1CCOC1C. The molecule has 88 valence electrons. The van der Waals surface area contributed by atoms with Gasteiger partial charge in [-0.3, -0.25) is 9.69 Å². The van der Waals surface area contributed by atoms with Crippen molar-refractivity contribution in [3.05, 3.63) is 0 Å². The molecule has 0 bridgehead atoms. The first-order chi connectivity index (χ1) is 7.06. The molecule has 0 amide bonds. The molecule has 1 saturated heterocycles. The van der Waals surface area contributed by atoms with Crippen LogP contribution in [0, 0.1) is 0 Å². The van der Waals surface area contributed by atoms with E-state index in [1.807, 2.05) is 6.92 Å². The third-order valence-electron chi connectivity index (χ3n) is 3.16. The zero-order chi connectivity index (χ0) is 11.4. The highest BCUT2D eigenvalue weighted by molar-refractivity contribution is 5.67. The average Bonchev–Trinajstić information content (AvgIpc) is 2.52. The summed E-state index contributed by atoms with van der Waals surface area (Å²) in [5, 5.41) is 8.78. The fourth-order valence-corrected chi connectivity index (χ4v) is 2.40. The Hall–Kier alpha value is -0.610. The van der Waals surface area contributed by atoms with E-state index >= 15 is 0 Å². The summed E-state index contributed by atoms with van der Waals surface area (Å²) in [4.78, 5) is 12.9. The van der Waals surface area contributed by atoms with Crippen LogP contribution in [0.25, 0.3) is 0 Å². The Labute approximate surface area is 91.2 Å². The van der Waals surface area contributed by atoms with Crippen molar-refractivity contribution in [3.8, 4) is 0 Å². The van der Waals surface area contributed by atoms with Crippen LogP contribution in [0.15, 0.2) is 0 Å². The third kappa shape index (κ3) is 3.18. The van der Waals surface area contributed by atoms with Crippen LogP contribution in [0.4, 0.5) is 0 Å². The highest BCUT2D eigenvalue weighted by Crippen LogP contribution is 2.22. The summed E-state index contributed by atoms with van der Waals surface area (Å²) in [7, 11) is 0. The number of hydrogen-bond acceptors (Lipinski definition) is 3. The second kappa shape index (κ2) is 5.47. The molecule has 0 saturated carbocycles. The van der Waals surface area contributed by atoms with E-state index in [-0.39, 0.29) is 18.6 Å². The summed E-state index contributed by atoms with van der Waals surface area (Å²) >= 11 is 0. The van der Waals surface area contributed by atoms with Gasteiger partial charge in [-0.1, -0.05) is 6.92 Å². The first kappa shape index (κ1) is 12.5. The number of hydrogen-bond donors (Lipinski definition) is 1. The summed E-state index contributed by atoms with van der Waals surface area (Å²) < 4.78 is 5.51. The van der Waals surface area contributed by atoms with Gasteiger partial charge >= 0.3 is 5.97 Å². The quantitative estimate of drug-likeness (QED) is 0.752. The lowest BCUT2D eigenvalue weighted by atomic mass is 10.1. The van der Waals surface area contributed by atoms with Crippen molar-refractivity contribution in [2.24, 2.45) is 0 Å². The summed E-state index contributed by atoms with van der Waals surface area (Å²) in [5.74, 6) is -0.729. The molecule has 15 heavy (non-hydrogen) atoms. The van der Waals surface area contributed by atoms with Crippen molar-refractivity contribution in [2.45, 2.75) is 51.8 Å². The predicted octanol–water partition coefficient (Wildman–Crippen LogP) is 1.35. The van der Waals surface area contributed by atoms with E-state index in [0.29, 0.717) is 6.04 Å². The molecule has 1 rings (SSSR count). The van der Waals surface area contributed by atoms with Gasteiger partial charge in [-0.2, -0.15) is 0 Å². The zero-order valence-corrected chi connectivity index (χ0v) is 9.77. The Balaban J connectivity index is 2.57. The molecule has 0 aromatic heterocycles. The van der Waals surface area contributed by atoms with Crippen LogP contribution in [0.3, 0.4) is 0 Å². The number of likely N-dealkylation sites (N-methyl/N-ethyl adjacent to an activating group) is 1. The molecule has 0 aromatic carbocycles. The van der Waals surface area contributed by atoms with Crippen molar-refractivity contribution in [3.63, 3.8) is 0 Å². The highest BCUT2D eigenvalue weighted by atomic mass is 16.5. The fourth-order valence-electron chi connectivity index (χ4n) is 2.40. The molecule has 4 nitrogen and oxygen atoms in total. The monoisotopic (exact) mass is 215 g/mol. The Bertz CT molecular complexity index is 220. The Morgan fingerprint density at radius 3 is 2.73 bits per heavy atom. The first-order valence-corrected chi connectivity index (χ1v) is 5.65. The van der Waals surface area contributed by atoms with Gasteiger partial charge in [-0.15, -0.1) is 0 Å². The molecule has 4 heteroatoms. The highest BCUT2D eigenvalue weighted by Gasteiger charge is 2.32. The van der Waals surface area contributed by atoms with Gasteiger partial charge in [0.25, 0.3) is 0 Å². The van der Waals surface area contributed by atoms with Gasteiger partial charge in [0.15, 0.2) is 0 Å². The first-order valence-electron chi connectivity index (χ1n) is 5.65. The minimum absolute atomic E-state index is 0.0849. The van der Waals surface area contributed by atoms with Gasteiger partial charge in [0.2, 0.25) is 0 Å². The van der Waals surface area contributed by atoms with Crippen molar-refractivity contribution >= 4 is 5.97 Å². The molecule has 3 atom stereocenters. The molecular formula is C11H21NO3. The molecule has 1 heterocycles. The fraction of sp³-hybridized carbons (Fsp3) is 0.909. The lowest BCUT2D eigenvalue weighted by Gasteiger charge is -2.34. The zero-order valence-electron chi connectivity index (χ0n) is 9.77. The van der Waals surface area contributed by atoms with Crippen molar-refractivity contribution < 1.29 is 14.6 Å². The van der Waals surface area contributed by atoms with Crippen LogP contribution in [0.2, 0.25) is 0 Å². The van der Waals surface area contributed by atoms with Crippen LogP contribution in [0.1, 0.15) is 33.6 Å². The third-order valence-corrected chi connectivity index (χ3v) is 3.16. The van der Waals surface area contributed by atoms with Crippen LogP contribution in [0.5, 0.6) is 0 Å². The predicted molar refractivity (Wildman–Crippen MR) is 57.9 cm³/mol. The number of carbonyl (C=O) groups is 1. The van der Waals surface area contributed by atoms with E-state index in [2.05, 4.69) is 18.7 Å². The smallest absolute Gasteiger partial charge is 0.304 e. The van der Waals surface area contributed by atoms with Crippen LogP contribution < -0.4 is 0 Å². The van der Waals surface area contributed by atoms with Gasteiger partial charge in [0, 0.05) is 18.7 Å². The van der Waals surface area contributed by atoms with E-state index in [9.17, 15) is 4.79 Å². The van der Waals surface area contributed by atoms with E-state index in [1.54, 1.807) is 0 Å². The molecular weight excluding hydrogens is 194 g/mol. The minimum atomic E-state index is -0.729. The molecule has 1 aliphatic rings. The lowest BCUT2D eigenvalue weighted by Crippen LogP contribution is -2.45. The van der Waals surface area contributed by atoms with Crippen LogP contribution in [-0.4, -0.2) is 47.3 Å². The van der Waals surface area contributed by atoms with E-state index in [0.717, 1.165) is 19.6 Å². The maximum atomic E-state index is 10.7. The van der Waals surface area contributed by atoms with Gasteiger partial charge < -0.3 is 9.84 Å². The molecule has 1 N–H and O–H groups in total. The Kier molecular flexibility index (Phi) is 4.54. The summed E-state index contributed by atoms with van der Waals surface area (Å²) in [6.07, 6.45) is 1.44. The maximum Gasteiger partial charge on any atom is 0.304 e. The molecule has 0 aromatic rings. The van der Waals surface area contributed by atoms with E-state index in [4.69, 9.17) is 9.84 Å². The van der Waals surface area contributed by atoms with Gasteiger partial charge in [0.1, 0.15) is 0 Å². The number of ether oxygens (including phenoxy) is 1. The van der Waals surface area contributed by atoms with Gasteiger partial charge in [-0.05, 0) is 26.8 Å². The minimum Gasteiger partial charge on any atom is -0.481 e. The molecule has 3 unspecified atom stereocenters. The van der Waals surface area contributed by atoms with Crippen molar-refractivity contribution in [1.29, 1.82) is 0 Å². The second-order valence-corrected chi connectivity index (χ2v) is 4.21. The number of carboxylic acid groups (broad SMARTS) is 1. The standard InChI is InChI=1S/C11H21NO3/c1-4-12(8(2)7-11(13)14)10-5-6-15-9(10)3/h8-10H,4-7H2,1-3H3,(H,13,14). The summed E-state index contributed by atoms with van der Waals surface area (Å²) in [5.41, 5.74) is 0. The van der Waals surface area contributed by atoms with Crippen molar-refractivity contribution in [1.82, 2.24) is 4.90 Å². The molecule has 1 aliphatic heterocycles. The largest absolute Gasteiger partial charge is 0.481 e. The van der Waals surface area contributed by atoms with E-state index in [1.165, 1.54) is 0 Å². The van der Waals surface area contributed by atoms with E-state index < -0.39 is 5.97 Å².